The van der Waals surface area contributed by atoms with Gasteiger partial charge in [-0.25, -0.2) is 8.78 Å². The second-order valence-corrected chi connectivity index (χ2v) is 3.95. The largest absolute Gasteiger partial charge is 0.493 e. The van der Waals surface area contributed by atoms with Crippen LogP contribution in [0.1, 0.15) is 11.1 Å². The third-order valence-corrected chi connectivity index (χ3v) is 2.72. The zero-order valence-corrected chi connectivity index (χ0v) is 9.90. The molecule has 0 heterocycles. The summed E-state index contributed by atoms with van der Waals surface area (Å²) in [5.74, 6) is 0.333. The third-order valence-electron chi connectivity index (χ3n) is 2.72. The van der Waals surface area contributed by atoms with Gasteiger partial charge < -0.3 is 4.74 Å². The molecule has 94 valence electrons. The van der Waals surface area contributed by atoms with E-state index in [1.165, 1.54) is 12.1 Å². The first-order chi connectivity index (χ1) is 8.79. The van der Waals surface area contributed by atoms with Crippen LogP contribution in [-0.2, 0) is 13.1 Å². The molecule has 18 heavy (non-hydrogen) atoms. The molecule has 0 spiro atoms. The Labute approximate surface area is 105 Å². The minimum atomic E-state index is -0.466. The SMILES string of the molecule is FCc1ccccc1CCOc1ccc(F)cc1. The maximum absolute atomic E-state index is 12.7. The van der Waals surface area contributed by atoms with Crippen molar-refractivity contribution in [3.05, 3.63) is 65.5 Å². The van der Waals surface area contributed by atoms with Gasteiger partial charge in [0.15, 0.2) is 0 Å². The van der Waals surface area contributed by atoms with Gasteiger partial charge in [-0.15, -0.1) is 0 Å². The van der Waals surface area contributed by atoms with Crippen LogP contribution in [0, 0.1) is 5.82 Å². The Morgan fingerprint density at radius 3 is 2.22 bits per heavy atom. The fourth-order valence-electron chi connectivity index (χ4n) is 1.74. The molecule has 0 unspecified atom stereocenters. The summed E-state index contributed by atoms with van der Waals surface area (Å²) >= 11 is 0. The molecule has 2 aromatic rings. The van der Waals surface area contributed by atoms with Crippen molar-refractivity contribution in [2.45, 2.75) is 13.1 Å². The minimum Gasteiger partial charge on any atom is -0.493 e. The Bertz CT molecular complexity index is 494. The second-order valence-electron chi connectivity index (χ2n) is 3.95. The highest BCUT2D eigenvalue weighted by Crippen LogP contribution is 2.14. The number of alkyl halides is 1. The summed E-state index contributed by atoms with van der Waals surface area (Å²) in [5.41, 5.74) is 1.64. The van der Waals surface area contributed by atoms with Crippen LogP contribution in [0.5, 0.6) is 5.75 Å². The molecule has 0 aliphatic heterocycles. The quantitative estimate of drug-likeness (QED) is 0.779. The Hall–Kier alpha value is -1.90. The average Bonchev–Trinajstić information content (AvgIpc) is 2.41. The van der Waals surface area contributed by atoms with Crippen LogP contribution >= 0.6 is 0 Å². The zero-order chi connectivity index (χ0) is 12.8. The van der Waals surface area contributed by atoms with E-state index >= 15 is 0 Å². The lowest BCUT2D eigenvalue weighted by atomic mass is 10.1. The van der Waals surface area contributed by atoms with Gasteiger partial charge >= 0.3 is 0 Å². The lowest BCUT2D eigenvalue weighted by Crippen LogP contribution is -2.03. The van der Waals surface area contributed by atoms with Gasteiger partial charge in [-0.2, -0.15) is 0 Å². The molecule has 0 atom stereocenters. The van der Waals surface area contributed by atoms with Crippen molar-refractivity contribution in [1.29, 1.82) is 0 Å². The number of benzene rings is 2. The molecule has 2 aromatic carbocycles. The van der Waals surface area contributed by atoms with Gasteiger partial charge in [0.1, 0.15) is 18.2 Å². The second kappa shape index (κ2) is 6.15. The van der Waals surface area contributed by atoms with E-state index < -0.39 is 6.67 Å². The average molecular weight is 248 g/mol. The topological polar surface area (TPSA) is 9.23 Å². The molecule has 1 nitrogen and oxygen atoms in total. The number of rotatable bonds is 5. The van der Waals surface area contributed by atoms with Crippen LogP contribution in [0.25, 0.3) is 0 Å². The summed E-state index contributed by atoms with van der Waals surface area (Å²) in [7, 11) is 0. The molecule has 0 aliphatic carbocycles. The maximum atomic E-state index is 12.7. The van der Waals surface area contributed by atoms with E-state index in [0.717, 1.165) is 5.56 Å². The smallest absolute Gasteiger partial charge is 0.123 e. The fraction of sp³-hybridized carbons (Fsp3) is 0.200. The molecule has 0 N–H and O–H groups in total. The highest BCUT2D eigenvalue weighted by molar-refractivity contribution is 5.27. The molecular weight excluding hydrogens is 234 g/mol. The van der Waals surface area contributed by atoms with Gasteiger partial charge in [0.05, 0.1) is 6.61 Å². The highest BCUT2D eigenvalue weighted by atomic mass is 19.1. The molecule has 0 bridgehead atoms. The fourth-order valence-corrected chi connectivity index (χ4v) is 1.74. The number of hydrogen-bond acceptors (Lipinski definition) is 1. The van der Waals surface area contributed by atoms with E-state index in [1.54, 1.807) is 18.2 Å². The molecule has 0 saturated heterocycles. The Morgan fingerprint density at radius 1 is 0.889 bits per heavy atom. The number of halogens is 2. The highest BCUT2D eigenvalue weighted by Gasteiger charge is 2.01. The molecule has 2 rings (SSSR count). The van der Waals surface area contributed by atoms with Crippen molar-refractivity contribution < 1.29 is 13.5 Å². The molecule has 0 aromatic heterocycles. The molecule has 0 saturated carbocycles. The first-order valence-corrected chi connectivity index (χ1v) is 5.80. The van der Waals surface area contributed by atoms with Gasteiger partial charge in [0, 0.05) is 6.42 Å². The van der Waals surface area contributed by atoms with Crippen molar-refractivity contribution in [3.8, 4) is 5.75 Å². The van der Waals surface area contributed by atoms with Crippen LogP contribution in [0.2, 0.25) is 0 Å². The Balaban J connectivity index is 1.90. The van der Waals surface area contributed by atoms with Crippen molar-refractivity contribution in [2.75, 3.05) is 6.61 Å². The predicted molar refractivity (Wildman–Crippen MR) is 66.9 cm³/mol. The van der Waals surface area contributed by atoms with Gasteiger partial charge in [-0.1, -0.05) is 24.3 Å². The summed E-state index contributed by atoms with van der Waals surface area (Å²) in [4.78, 5) is 0. The normalized spacial score (nSPS) is 10.3. The molecule has 0 aliphatic rings. The molecule has 0 amide bonds. The predicted octanol–water partition coefficient (Wildman–Crippen LogP) is 3.92. The maximum Gasteiger partial charge on any atom is 0.123 e. The number of ether oxygens (including phenoxy) is 1. The van der Waals surface area contributed by atoms with E-state index in [2.05, 4.69) is 0 Å². The summed E-state index contributed by atoms with van der Waals surface area (Å²) in [6.07, 6.45) is 0.636. The Morgan fingerprint density at radius 2 is 1.56 bits per heavy atom. The van der Waals surface area contributed by atoms with Gasteiger partial charge in [-0.3, -0.25) is 0 Å². The van der Waals surface area contributed by atoms with Crippen LogP contribution < -0.4 is 4.74 Å². The van der Waals surface area contributed by atoms with E-state index in [0.29, 0.717) is 24.3 Å². The van der Waals surface area contributed by atoms with E-state index in [4.69, 9.17) is 4.74 Å². The molecule has 3 heteroatoms. The summed E-state index contributed by atoms with van der Waals surface area (Å²) < 4.78 is 30.8. The lowest BCUT2D eigenvalue weighted by Gasteiger charge is -2.08. The summed E-state index contributed by atoms with van der Waals surface area (Å²) in [6.45, 7) is -0.0185. The molecule has 0 fully saturated rings. The van der Waals surface area contributed by atoms with Crippen molar-refractivity contribution >= 4 is 0 Å². The van der Waals surface area contributed by atoms with Gasteiger partial charge in [0.2, 0.25) is 0 Å². The van der Waals surface area contributed by atoms with E-state index in [9.17, 15) is 8.78 Å². The van der Waals surface area contributed by atoms with E-state index in [-0.39, 0.29) is 5.82 Å². The Kier molecular flexibility index (Phi) is 4.29. The first kappa shape index (κ1) is 12.6. The number of hydrogen-bond donors (Lipinski definition) is 0. The van der Waals surface area contributed by atoms with Crippen molar-refractivity contribution in [1.82, 2.24) is 0 Å². The summed E-state index contributed by atoms with van der Waals surface area (Å²) in [5, 5.41) is 0. The monoisotopic (exact) mass is 248 g/mol. The van der Waals surface area contributed by atoms with Crippen molar-refractivity contribution in [2.24, 2.45) is 0 Å². The molecular formula is C15H14F2O. The van der Waals surface area contributed by atoms with Gasteiger partial charge in [0.25, 0.3) is 0 Å². The minimum absolute atomic E-state index is 0.287. The van der Waals surface area contributed by atoms with Crippen LogP contribution in [0.4, 0.5) is 8.78 Å². The van der Waals surface area contributed by atoms with E-state index in [1.807, 2.05) is 18.2 Å². The van der Waals surface area contributed by atoms with Gasteiger partial charge in [-0.05, 0) is 35.4 Å². The van der Waals surface area contributed by atoms with Crippen molar-refractivity contribution in [3.63, 3.8) is 0 Å². The summed E-state index contributed by atoms with van der Waals surface area (Å²) in [6, 6.07) is 13.2. The standard InChI is InChI=1S/C15H14F2O/c16-11-13-4-2-1-3-12(13)9-10-18-15-7-5-14(17)6-8-15/h1-8H,9-11H2. The zero-order valence-electron chi connectivity index (χ0n) is 9.90. The molecule has 0 radical (unpaired) electrons. The third kappa shape index (κ3) is 3.29. The van der Waals surface area contributed by atoms with Crippen LogP contribution in [-0.4, -0.2) is 6.61 Å². The van der Waals surface area contributed by atoms with Crippen LogP contribution in [0.3, 0.4) is 0 Å². The lowest BCUT2D eigenvalue weighted by molar-refractivity contribution is 0.320. The van der Waals surface area contributed by atoms with Crippen LogP contribution in [0.15, 0.2) is 48.5 Å². The first-order valence-electron chi connectivity index (χ1n) is 5.80.